The summed E-state index contributed by atoms with van der Waals surface area (Å²) >= 11 is 5.71. The van der Waals surface area contributed by atoms with Gasteiger partial charge in [-0.15, -0.1) is 12.4 Å². The van der Waals surface area contributed by atoms with Gasteiger partial charge < -0.3 is 15.5 Å². The van der Waals surface area contributed by atoms with E-state index in [9.17, 15) is 18.6 Å². The number of β-amino-alcohol motifs (C(OH)–C–C–N with tert-alkyl or cyclic N) is 1. The summed E-state index contributed by atoms with van der Waals surface area (Å²) in [7, 11) is -3.71. The third kappa shape index (κ3) is 3.04. The molecule has 0 bridgehead atoms. The summed E-state index contributed by atoms with van der Waals surface area (Å²) in [6.45, 7) is -0.430. The second-order valence-corrected chi connectivity index (χ2v) is 6.95. The van der Waals surface area contributed by atoms with E-state index in [0.717, 1.165) is 0 Å². The molecule has 0 spiro atoms. The molecule has 3 N–H and O–H groups in total. The molecule has 1 aromatic rings. The van der Waals surface area contributed by atoms with Gasteiger partial charge in [-0.2, -0.15) is 0 Å². The van der Waals surface area contributed by atoms with Crippen molar-refractivity contribution in [1.29, 1.82) is 0 Å². The second-order valence-electron chi connectivity index (χ2n) is 4.38. The van der Waals surface area contributed by atoms with Crippen molar-refractivity contribution in [3.8, 4) is 0 Å². The molecule has 2 atom stereocenters. The molecule has 0 amide bonds. The number of nitrogens with one attached hydrogen (secondary N) is 1. The van der Waals surface area contributed by atoms with Crippen molar-refractivity contribution in [2.75, 3.05) is 19.7 Å². The van der Waals surface area contributed by atoms with Crippen LogP contribution in [-0.2, 0) is 9.84 Å². The number of hydrogen-bond donors (Lipinski definition) is 3. The van der Waals surface area contributed by atoms with Crippen molar-refractivity contribution in [3.63, 3.8) is 0 Å². The van der Waals surface area contributed by atoms with Gasteiger partial charge in [0, 0.05) is 18.1 Å². The number of halogens is 2. The minimum atomic E-state index is -3.71. The Morgan fingerprint density at radius 3 is 2.47 bits per heavy atom. The Balaban J connectivity index is 0.00000180. The van der Waals surface area contributed by atoms with Crippen molar-refractivity contribution < 1.29 is 18.6 Å². The summed E-state index contributed by atoms with van der Waals surface area (Å²) in [4.78, 5) is 0.0903. The first-order valence-corrected chi connectivity index (χ1v) is 7.36. The highest BCUT2D eigenvalue weighted by Crippen LogP contribution is 2.28. The van der Waals surface area contributed by atoms with Gasteiger partial charge in [0.25, 0.3) is 0 Å². The van der Waals surface area contributed by atoms with Gasteiger partial charge in [0.2, 0.25) is 0 Å². The van der Waals surface area contributed by atoms with Gasteiger partial charge in [-0.05, 0) is 24.3 Å². The van der Waals surface area contributed by atoms with E-state index in [-0.39, 0.29) is 30.4 Å². The topological polar surface area (TPSA) is 86.6 Å². The number of benzene rings is 1. The lowest BCUT2D eigenvalue weighted by molar-refractivity contribution is 0.00578. The Bertz CT molecular complexity index is 534. The quantitative estimate of drug-likeness (QED) is 0.740. The predicted octanol–water partition coefficient (Wildman–Crippen LogP) is 0.231. The molecule has 1 aromatic carbocycles. The van der Waals surface area contributed by atoms with Crippen molar-refractivity contribution in [3.05, 3.63) is 29.3 Å². The van der Waals surface area contributed by atoms with Crippen LogP contribution in [0.1, 0.15) is 0 Å². The van der Waals surface area contributed by atoms with E-state index >= 15 is 0 Å². The standard InChI is InChI=1S/C11H14ClNO4S.ClH/c12-8-1-3-9(4-2-8)18(16,17)10-5-13-6-11(10,15)7-14;/h1-4,10,13-15H,5-7H2;1H. The Kier molecular flexibility index (Phi) is 5.22. The molecule has 0 aliphatic carbocycles. The van der Waals surface area contributed by atoms with Gasteiger partial charge in [0.15, 0.2) is 9.84 Å². The Morgan fingerprint density at radius 1 is 1.37 bits per heavy atom. The van der Waals surface area contributed by atoms with Crippen molar-refractivity contribution in [1.82, 2.24) is 5.32 Å². The van der Waals surface area contributed by atoms with Gasteiger partial charge in [-0.3, -0.25) is 0 Å². The van der Waals surface area contributed by atoms with E-state index in [1.54, 1.807) is 0 Å². The van der Waals surface area contributed by atoms with E-state index in [1.807, 2.05) is 0 Å². The predicted molar refractivity (Wildman–Crippen MR) is 74.6 cm³/mol. The second kappa shape index (κ2) is 5.95. The van der Waals surface area contributed by atoms with Gasteiger partial charge in [0.05, 0.1) is 11.5 Å². The number of aliphatic hydroxyl groups is 2. The molecule has 108 valence electrons. The summed E-state index contributed by atoms with van der Waals surface area (Å²) in [6, 6.07) is 5.76. The van der Waals surface area contributed by atoms with E-state index in [2.05, 4.69) is 5.32 Å². The Hall–Kier alpha value is -0.370. The fraction of sp³-hybridized carbons (Fsp3) is 0.455. The summed E-state index contributed by atoms with van der Waals surface area (Å²) in [5, 5.41) is 21.4. The first-order valence-electron chi connectivity index (χ1n) is 5.43. The first-order chi connectivity index (χ1) is 8.40. The van der Waals surface area contributed by atoms with Crippen LogP contribution in [0.3, 0.4) is 0 Å². The van der Waals surface area contributed by atoms with Crippen molar-refractivity contribution in [2.45, 2.75) is 15.7 Å². The van der Waals surface area contributed by atoms with Gasteiger partial charge in [-0.1, -0.05) is 11.6 Å². The van der Waals surface area contributed by atoms with Gasteiger partial charge in [0.1, 0.15) is 10.9 Å². The van der Waals surface area contributed by atoms with Gasteiger partial charge in [-0.25, -0.2) is 8.42 Å². The smallest absolute Gasteiger partial charge is 0.185 e. The van der Waals surface area contributed by atoms with Gasteiger partial charge >= 0.3 is 0 Å². The van der Waals surface area contributed by atoms with Crippen LogP contribution in [0.2, 0.25) is 5.02 Å². The highest BCUT2D eigenvalue weighted by atomic mass is 35.5. The van der Waals surface area contributed by atoms with E-state index in [1.165, 1.54) is 24.3 Å². The summed E-state index contributed by atoms with van der Waals surface area (Å²) < 4.78 is 24.7. The van der Waals surface area contributed by atoms with Crippen molar-refractivity contribution >= 4 is 33.8 Å². The normalized spacial score (nSPS) is 27.0. The van der Waals surface area contributed by atoms with Crippen molar-refractivity contribution in [2.24, 2.45) is 0 Å². The van der Waals surface area contributed by atoms with Crippen LogP contribution in [0.5, 0.6) is 0 Å². The fourth-order valence-electron chi connectivity index (χ4n) is 2.07. The van der Waals surface area contributed by atoms with Crippen LogP contribution < -0.4 is 5.32 Å². The average Bonchev–Trinajstić information content (AvgIpc) is 2.73. The molecule has 0 aromatic heterocycles. The highest BCUT2D eigenvalue weighted by molar-refractivity contribution is 7.92. The summed E-state index contributed by atoms with van der Waals surface area (Å²) in [6.07, 6.45) is 0. The minimum Gasteiger partial charge on any atom is -0.393 e. The Labute approximate surface area is 122 Å². The molecule has 2 rings (SSSR count). The molecule has 1 fully saturated rings. The molecular formula is C11H15Cl2NO4S. The number of aliphatic hydroxyl groups excluding tert-OH is 1. The largest absolute Gasteiger partial charge is 0.393 e. The molecule has 1 heterocycles. The maximum Gasteiger partial charge on any atom is 0.185 e. The van der Waals surface area contributed by atoms with Crippen LogP contribution in [0.25, 0.3) is 0 Å². The maximum absolute atomic E-state index is 12.4. The molecular weight excluding hydrogens is 313 g/mol. The fourth-order valence-corrected chi connectivity index (χ4v) is 4.11. The third-order valence-electron chi connectivity index (χ3n) is 3.15. The summed E-state index contributed by atoms with van der Waals surface area (Å²) in [5.41, 5.74) is -1.64. The maximum atomic E-state index is 12.4. The molecule has 2 unspecified atom stereocenters. The SMILES string of the molecule is Cl.O=S(=O)(c1ccc(Cl)cc1)C1CNCC1(O)CO. The molecule has 1 aliphatic heterocycles. The van der Waals surface area contributed by atoms with E-state index < -0.39 is 27.3 Å². The zero-order valence-electron chi connectivity index (χ0n) is 9.91. The number of rotatable bonds is 3. The zero-order valence-corrected chi connectivity index (χ0v) is 12.3. The molecule has 0 radical (unpaired) electrons. The van der Waals surface area contributed by atoms with E-state index in [0.29, 0.717) is 5.02 Å². The van der Waals surface area contributed by atoms with E-state index in [4.69, 9.17) is 11.6 Å². The number of sulfone groups is 1. The molecule has 19 heavy (non-hydrogen) atoms. The lowest BCUT2D eigenvalue weighted by atomic mass is 10.1. The molecule has 5 nitrogen and oxygen atoms in total. The lowest BCUT2D eigenvalue weighted by Gasteiger charge is -2.26. The zero-order chi connectivity index (χ0) is 13.4. The van der Waals surface area contributed by atoms with Crippen LogP contribution in [0.15, 0.2) is 29.2 Å². The third-order valence-corrected chi connectivity index (χ3v) is 5.69. The average molecular weight is 328 g/mol. The minimum absolute atomic E-state index is 0. The van der Waals surface area contributed by atoms with Crippen LogP contribution in [0, 0.1) is 0 Å². The van der Waals surface area contributed by atoms with Crippen LogP contribution in [-0.4, -0.2) is 49.2 Å². The lowest BCUT2D eigenvalue weighted by Crippen LogP contribution is -2.49. The molecule has 8 heteroatoms. The summed E-state index contributed by atoms with van der Waals surface area (Å²) in [5.74, 6) is 0. The van der Waals surface area contributed by atoms with Crippen LogP contribution in [0.4, 0.5) is 0 Å². The molecule has 1 aliphatic rings. The number of hydrogen-bond acceptors (Lipinski definition) is 5. The van der Waals surface area contributed by atoms with Crippen LogP contribution >= 0.6 is 24.0 Å². The first kappa shape index (κ1) is 16.7. The highest BCUT2D eigenvalue weighted by Gasteiger charge is 2.48. The Morgan fingerprint density at radius 2 is 1.95 bits per heavy atom. The molecule has 1 saturated heterocycles. The molecule has 0 saturated carbocycles. The monoisotopic (exact) mass is 327 g/mol.